The molecule has 0 radical (unpaired) electrons. The van der Waals surface area contributed by atoms with Gasteiger partial charge in [-0.25, -0.2) is 4.79 Å². The van der Waals surface area contributed by atoms with Crippen LogP contribution >= 0.6 is 36.0 Å². The summed E-state index contributed by atoms with van der Waals surface area (Å²) in [4.78, 5) is 25.7. The smallest absolute Gasteiger partial charge is 0.435 e. The maximum atomic E-state index is 12.7. The summed E-state index contributed by atoms with van der Waals surface area (Å²) in [6.45, 7) is 3.89. The molecule has 4 atom stereocenters. The topological polar surface area (TPSA) is 54.4 Å². The predicted octanol–water partition coefficient (Wildman–Crippen LogP) is 4.18. The fraction of sp³-hybridized carbons (Fsp3) is 0.500. The molecule has 126 valence electrons. The van der Waals surface area contributed by atoms with E-state index in [4.69, 9.17) is 11.6 Å². The number of thiol groups is 1. The highest BCUT2D eigenvalue weighted by Gasteiger charge is 2.57. The first-order chi connectivity index (χ1) is 10.8. The highest BCUT2D eigenvalue weighted by molar-refractivity contribution is 8.00. The number of halogens is 1. The van der Waals surface area contributed by atoms with Gasteiger partial charge in [-0.1, -0.05) is 11.6 Å². The van der Waals surface area contributed by atoms with Crippen molar-refractivity contribution in [3.05, 3.63) is 29.3 Å². The van der Waals surface area contributed by atoms with Crippen molar-refractivity contribution in [2.24, 2.45) is 5.92 Å². The Bertz CT molecular complexity index is 595. The lowest BCUT2D eigenvalue weighted by Gasteiger charge is -2.31. The van der Waals surface area contributed by atoms with Crippen LogP contribution in [0.1, 0.15) is 20.3 Å². The second kappa shape index (κ2) is 7.47. The third-order valence-corrected chi connectivity index (χ3v) is 6.41. The Labute approximate surface area is 151 Å². The molecule has 0 bridgehead atoms. The maximum absolute atomic E-state index is 12.7. The Morgan fingerprint density at radius 1 is 1.43 bits per heavy atom. The third kappa shape index (κ3) is 3.71. The van der Waals surface area contributed by atoms with Gasteiger partial charge in [0.15, 0.2) is 0 Å². The van der Waals surface area contributed by atoms with Gasteiger partial charge in [-0.15, -0.1) is 11.8 Å². The normalized spacial score (nSPS) is 28.5. The number of carbonyl (C=O) groups excluding carboxylic acids is 1. The van der Waals surface area contributed by atoms with Gasteiger partial charge in [0.2, 0.25) is 0 Å². The molecule has 2 rings (SSSR count). The van der Waals surface area contributed by atoms with Gasteiger partial charge in [-0.05, 0) is 38.1 Å². The molecule has 2 amide bonds. The second-order valence-electron chi connectivity index (χ2n) is 6.03. The lowest BCUT2D eigenvalue weighted by molar-refractivity contribution is -0.793. The van der Waals surface area contributed by atoms with E-state index in [-0.39, 0.29) is 23.1 Å². The first kappa shape index (κ1) is 18.6. The lowest BCUT2D eigenvalue weighted by Crippen LogP contribution is -2.60. The molecule has 23 heavy (non-hydrogen) atoms. The van der Waals surface area contributed by atoms with Crippen LogP contribution in [0.4, 0.5) is 4.79 Å². The summed E-state index contributed by atoms with van der Waals surface area (Å²) >= 11 is 11.7. The van der Waals surface area contributed by atoms with E-state index in [1.54, 1.807) is 18.7 Å². The maximum Gasteiger partial charge on any atom is 0.521 e. The molecule has 1 N–H and O–H groups in total. The van der Waals surface area contributed by atoms with Gasteiger partial charge in [0.25, 0.3) is 0 Å². The predicted molar refractivity (Wildman–Crippen MR) is 96.4 cm³/mol. The van der Waals surface area contributed by atoms with Gasteiger partial charge >= 0.3 is 12.0 Å². The molecule has 0 saturated carbocycles. The highest BCUT2D eigenvalue weighted by atomic mass is 35.5. The summed E-state index contributed by atoms with van der Waals surface area (Å²) in [5.74, 6) is -0.274. The average Bonchev–Trinajstić information content (AvgIpc) is 2.85. The molecule has 1 saturated heterocycles. The SMILES string of the molecule is CC(CS)C(=O)[N@@+]1(C(=O)O)C[C@H](Sc2ccc(Cl)cc2)C[C@H]1C. The van der Waals surface area contributed by atoms with E-state index in [0.29, 0.717) is 23.7 Å². The number of imide groups is 1. The van der Waals surface area contributed by atoms with Crippen molar-refractivity contribution in [3.63, 3.8) is 0 Å². The van der Waals surface area contributed by atoms with Crippen molar-refractivity contribution in [2.75, 3.05) is 12.3 Å². The van der Waals surface area contributed by atoms with E-state index in [0.717, 1.165) is 4.90 Å². The van der Waals surface area contributed by atoms with Crippen LogP contribution in [-0.4, -0.2) is 45.2 Å². The van der Waals surface area contributed by atoms with Crippen molar-refractivity contribution in [1.29, 1.82) is 0 Å². The summed E-state index contributed by atoms with van der Waals surface area (Å²) in [6.07, 6.45) is -0.375. The van der Waals surface area contributed by atoms with Gasteiger partial charge in [0.05, 0.1) is 11.2 Å². The van der Waals surface area contributed by atoms with E-state index < -0.39 is 10.6 Å². The van der Waals surface area contributed by atoms with Gasteiger partial charge in [0.1, 0.15) is 12.6 Å². The number of hydrogen-bond acceptors (Lipinski definition) is 4. The molecule has 7 heteroatoms. The second-order valence-corrected chi connectivity index (χ2v) is 8.21. The van der Waals surface area contributed by atoms with Gasteiger partial charge in [-0.2, -0.15) is 21.9 Å². The quantitative estimate of drug-likeness (QED) is 0.613. The molecular formula is C16H21ClNO3S2+. The van der Waals surface area contributed by atoms with Crippen LogP contribution in [0.3, 0.4) is 0 Å². The summed E-state index contributed by atoms with van der Waals surface area (Å²) in [6, 6.07) is 7.23. The van der Waals surface area contributed by atoms with Gasteiger partial charge in [-0.3, -0.25) is 0 Å². The standard InChI is InChI=1S/C16H20ClNO3S2/c1-10(9-22)15(19)18(16(20)21)8-14(7-11(18)2)23-13-5-3-12(17)4-6-13/h3-6,10-11,14H,7-9H2,1-2H3,(H-,20,21,22)/p+1/t10?,11-,14-,18-/m1/s1. The molecule has 1 aromatic carbocycles. The van der Waals surface area contributed by atoms with Crippen molar-refractivity contribution >= 4 is 48.0 Å². The van der Waals surface area contributed by atoms with Crippen LogP contribution < -0.4 is 0 Å². The van der Waals surface area contributed by atoms with Gasteiger partial charge in [0, 0.05) is 22.1 Å². The van der Waals surface area contributed by atoms with Crippen LogP contribution in [0.15, 0.2) is 29.2 Å². The summed E-state index contributed by atoms with van der Waals surface area (Å²) < 4.78 is -0.493. The largest absolute Gasteiger partial charge is 0.521 e. The Morgan fingerprint density at radius 2 is 2.04 bits per heavy atom. The third-order valence-electron chi connectivity index (χ3n) is 4.39. The van der Waals surface area contributed by atoms with E-state index >= 15 is 0 Å². The molecule has 1 aromatic rings. The first-order valence-electron chi connectivity index (χ1n) is 7.50. The number of quaternary nitrogens is 1. The fourth-order valence-electron chi connectivity index (χ4n) is 3.07. The zero-order valence-corrected chi connectivity index (χ0v) is 15.6. The number of carboxylic acid groups (broad SMARTS) is 1. The number of amides is 2. The number of nitrogens with zero attached hydrogens (tertiary/aromatic N) is 1. The summed E-state index contributed by atoms with van der Waals surface area (Å²) in [7, 11) is 0. The highest BCUT2D eigenvalue weighted by Crippen LogP contribution is 2.39. The Morgan fingerprint density at radius 3 is 2.57 bits per heavy atom. The summed E-state index contributed by atoms with van der Waals surface area (Å²) in [5, 5.41) is 10.5. The molecule has 1 aliphatic rings. The van der Waals surface area contributed by atoms with Crippen LogP contribution in [0, 0.1) is 5.92 Å². The van der Waals surface area contributed by atoms with Crippen LogP contribution in [0.2, 0.25) is 5.02 Å². The van der Waals surface area contributed by atoms with Crippen LogP contribution in [0.25, 0.3) is 0 Å². The zero-order chi connectivity index (χ0) is 17.2. The van der Waals surface area contributed by atoms with Crippen molar-refractivity contribution in [2.45, 2.75) is 36.5 Å². The van der Waals surface area contributed by atoms with Crippen molar-refractivity contribution < 1.29 is 19.2 Å². The number of benzene rings is 1. The molecule has 0 spiro atoms. The van der Waals surface area contributed by atoms with Gasteiger partial charge < -0.3 is 5.11 Å². The van der Waals surface area contributed by atoms with Crippen molar-refractivity contribution in [3.8, 4) is 0 Å². The first-order valence-corrected chi connectivity index (χ1v) is 9.39. The lowest BCUT2D eigenvalue weighted by atomic mass is 10.1. The fourth-order valence-corrected chi connectivity index (χ4v) is 4.71. The number of likely N-dealkylation sites (tertiary alicyclic amines) is 1. The number of carbonyl (C=O) groups is 2. The Hall–Kier alpha value is -0.690. The van der Waals surface area contributed by atoms with E-state index in [9.17, 15) is 14.7 Å². The minimum atomic E-state index is -1.06. The van der Waals surface area contributed by atoms with E-state index in [1.165, 1.54) is 0 Å². The molecule has 1 unspecified atom stereocenters. The molecular weight excluding hydrogens is 354 g/mol. The van der Waals surface area contributed by atoms with E-state index in [1.807, 2.05) is 31.2 Å². The number of thioether (sulfide) groups is 1. The van der Waals surface area contributed by atoms with E-state index in [2.05, 4.69) is 12.6 Å². The minimum absolute atomic E-state index is 0.0818. The van der Waals surface area contributed by atoms with Crippen LogP contribution in [-0.2, 0) is 4.79 Å². The minimum Gasteiger partial charge on any atom is -0.435 e. The average molecular weight is 375 g/mol. The van der Waals surface area contributed by atoms with Crippen LogP contribution in [0.5, 0.6) is 0 Å². The number of rotatable bonds is 4. The molecule has 4 nitrogen and oxygen atoms in total. The molecule has 0 aromatic heterocycles. The summed E-state index contributed by atoms with van der Waals surface area (Å²) in [5.41, 5.74) is 0. The Balaban J connectivity index is 2.21. The van der Waals surface area contributed by atoms with Crippen molar-refractivity contribution in [1.82, 2.24) is 0 Å². The number of hydrogen-bond donors (Lipinski definition) is 2. The molecule has 1 heterocycles. The Kier molecular flexibility index (Phi) is 6.05. The molecule has 0 aliphatic carbocycles. The monoisotopic (exact) mass is 374 g/mol. The molecule has 1 aliphatic heterocycles. The zero-order valence-electron chi connectivity index (χ0n) is 13.1. The molecule has 1 fully saturated rings.